The van der Waals surface area contributed by atoms with Crippen molar-refractivity contribution in [2.45, 2.75) is 11.8 Å². The van der Waals surface area contributed by atoms with E-state index in [9.17, 15) is 9.59 Å². The van der Waals surface area contributed by atoms with Crippen molar-refractivity contribution in [1.82, 2.24) is 5.01 Å². The summed E-state index contributed by atoms with van der Waals surface area (Å²) in [6.45, 7) is 0. The van der Waals surface area contributed by atoms with Gasteiger partial charge in [-0.3, -0.25) is 9.59 Å². The fourth-order valence-electron chi connectivity index (χ4n) is 5.25. The number of hydrogen-bond acceptors (Lipinski definition) is 4. The highest BCUT2D eigenvalue weighted by molar-refractivity contribution is 6.08. The van der Waals surface area contributed by atoms with Gasteiger partial charge in [-0.2, -0.15) is 10.1 Å². The predicted octanol–water partition coefficient (Wildman–Crippen LogP) is 3.51. The Balaban J connectivity index is 1.50. The summed E-state index contributed by atoms with van der Waals surface area (Å²) >= 11 is 0. The van der Waals surface area contributed by atoms with E-state index in [0.29, 0.717) is 5.76 Å². The first-order chi connectivity index (χ1) is 13.8. The molecule has 0 N–H and O–H groups in total. The van der Waals surface area contributed by atoms with Gasteiger partial charge in [0, 0.05) is 11.8 Å². The van der Waals surface area contributed by atoms with Gasteiger partial charge < -0.3 is 4.42 Å². The summed E-state index contributed by atoms with van der Waals surface area (Å²) in [6.07, 6.45) is 2.96. The fourth-order valence-corrected chi connectivity index (χ4v) is 5.25. The summed E-state index contributed by atoms with van der Waals surface area (Å²) in [5.41, 5.74) is 4.63. The first-order valence-electron chi connectivity index (χ1n) is 9.38. The summed E-state index contributed by atoms with van der Waals surface area (Å²) in [6, 6.07) is 19.8. The van der Waals surface area contributed by atoms with Crippen LogP contribution in [-0.4, -0.2) is 23.0 Å². The first-order valence-corrected chi connectivity index (χ1v) is 9.38. The molecule has 4 aliphatic rings. The quantitative estimate of drug-likeness (QED) is 0.514. The van der Waals surface area contributed by atoms with E-state index >= 15 is 0 Å². The molecular formula is C23H16N2O3. The highest BCUT2D eigenvalue weighted by atomic mass is 16.3. The van der Waals surface area contributed by atoms with E-state index in [1.165, 1.54) is 12.5 Å². The normalized spacial score (nSPS) is 27.2. The molecule has 1 saturated heterocycles. The zero-order valence-corrected chi connectivity index (χ0v) is 14.9. The summed E-state index contributed by atoms with van der Waals surface area (Å²) in [5, 5.41) is 5.24. The number of hydrogen-bond donors (Lipinski definition) is 0. The van der Waals surface area contributed by atoms with Crippen molar-refractivity contribution < 1.29 is 14.0 Å². The van der Waals surface area contributed by atoms with Gasteiger partial charge in [-0.1, -0.05) is 48.5 Å². The second-order valence-electron chi connectivity index (χ2n) is 7.51. The van der Waals surface area contributed by atoms with Crippen molar-refractivity contribution in [3.8, 4) is 0 Å². The maximum atomic E-state index is 13.3. The van der Waals surface area contributed by atoms with E-state index < -0.39 is 11.8 Å². The molecule has 2 aromatic carbocycles. The number of nitrogens with zero attached hydrogens (tertiary/aromatic N) is 2. The Kier molecular flexibility index (Phi) is 3.07. The molecule has 5 heteroatoms. The Morgan fingerprint density at radius 2 is 1.25 bits per heavy atom. The SMILES string of the molecule is O=C1[C@H]2C3c4ccccc4C(c4ccccc43)[C@@H]2C(=O)N1/N=C\c1ccco1. The molecule has 1 fully saturated rings. The van der Waals surface area contributed by atoms with Gasteiger partial charge in [0.25, 0.3) is 11.8 Å². The number of rotatable bonds is 2. The van der Waals surface area contributed by atoms with E-state index in [1.807, 2.05) is 24.3 Å². The largest absolute Gasteiger partial charge is 0.463 e. The Labute approximate surface area is 161 Å². The lowest BCUT2D eigenvalue weighted by atomic mass is 9.55. The van der Waals surface area contributed by atoms with E-state index in [4.69, 9.17) is 4.42 Å². The molecule has 1 aromatic heterocycles. The van der Waals surface area contributed by atoms with Crippen LogP contribution in [-0.2, 0) is 9.59 Å². The minimum Gasteiger partial charge on any atom is -0.463 e. The van der Waals surface area contributed by atoms with Gasteiger partial charge in [0.2, 0.25) is 0 Å². The van der Waals surface area contributed by atoms with Crippen LogP contribution in [0.25, 0.3) is 0 Å². The predicted molar refractivity (Wildman–Crippen MR) is 102 cm³/mol. The van der Waals surface area contributed by atoms with Gasteiger partial charge in [-0.05, 0) is 34.4 Å². The van der Waals surface area contributed by atoms with Gasteiger partial charge in [0.15, 0.2) is 0 Å². The van der Waals surface area contributed by atoms with Gasteiger partial charge >= 0.3 is 0 Å². The van der Waals surface area contributed by atoms with E-state index in [0.717, 1.165) is 27.3 Å². The highest BCUT2D eigenvalue weighted by Crippen LogP contribution is 2.60. The molecule has 0 unspecified atom stereocenters. The zero-order valence-electron chi connectivity index (χ0n) is 14.9. The zero-order chi connectivity index (χ0) is 18.8. The van der Waals surface area contributed by atoms with Crippen LogP contribution in [0, 0.1) is 11.8 Å². The van der Waals surface area contributed by atoms with Crippen LogP contribution in [0.2, 0.25) is 0 Å². The topological polar surface area (TPSA) is 62.9 Å². The molecule has 1 aliphatic heterocycles. The Hall–Kier alpha value is -3.47. The van der Waals surface area contributed by atoms with Crippen molar-refractivity contribution >= 4 is 18.0 Å². The lowest BCUT2D eigenvalue weighted by molar-refractivity contribution is -0.139. The lowest BCUT2D eigenvalue weighted by Gasteiger charge is -2.45. The lowest BCUT2D eigenvalue weighted by Crippen LogP contribution is -2.41. The molecule has 5 nitrogen and oxygen atoms in total. The minimum atomic E-state index is -0.406. The number of amides is 2. The monoisotopic (exact) mass is 368 g/mol. The van der Waals surface area contributed by atoms with Crippen molar-refractivity contribution in [3.63, 3.8) is 0 Å². The van der Waals surface area contributed by atoms with Crippen LogP contribution in [0.4, 0.5) is 0 Å². The fraction of sp³-hybridized carbons (Fsp3) is 0.174. The van der Waals surface area contributed by atoms with Crippen molar-refractivity contribution in [2.75, 3.05) is 0 Å². The summed E-state index contributed by atoms with van der Waals surface area (Å²) in [7, 11) is 0. The number of hydrazone groups is 1. The summed E-state index contributed by atoms with van der Waals surface area (Å²) in [5.74, 6) is -0.976. The van der Waals surface area contributed by atoms with Crippen LogP contribution in [0.15, 0.2) is 76.4 Å². The molecule has 2 amide bonds. The second-order valence-corrected chi connectivity index (χ2v) is 7.51. The van der Waals surface area contributed by atoms with Crippen LogP contribution < -0.4 is 0 Å². The second kappa shape index (κ2) is 5.52. The number of benzene rings is 2. The van der Waals surface area contributed by atoms with Crippen LogP contribution in [0.5, 0.6) is 0 Å². The van der Waals surface area contributed by atoms with Crippen molar-refractivity contribution in [1.29, 1.82) is 0 Å². The summed E-state index contributed by atoms with van der Waals surface area (Å²) in [4.78, 5) is 26.6. The van der Waals surface area contributed by atoms with Gasteiger partial charge in [-0.15, -0.1) is 0 Å². The molecule has 2 atom stereocenters. The van der Waals surface area contributed by atoms with E-state index in [1.54, 1.807) is 12.1 Å². The van der Waals surface area contributed by atoms with E-state index in [-0.39, 0.29) is 23.7 Å². The average Bonchev–Trinajstić information content (AvgIpc) is 3.34. The van der Waals surface area contributed by atoms with Gasteiger partial charge in [0.1, 0.15) is 5.76 Å². The average molecular weight is 368 g/mol. The van der Waals surface area contributed by atoms with Crippen LogP contribution in [0.1, 0.15) is 39.8 Å². The molecule has 0 radical (unpaired) electrons. The van der Waals surface area contributed by atoms with E-state index in [2.05, 4.69) is 29.4 Å². The number of imide groups is 1. The van der Waals surface area contributed by atoms with Gasteiger partial charge in [0.05, 0.1) is 24.3 Å². The molecule has 2 heterocycles. The first kappa shape index (κ1) is 15.6. The molecule has 7 rings (SSSR count). The number of carbonyl (C=O) groups is 2. The molecule has 3 aromatic rings. The molecule has 136 valence electrons. The smallest absolute Gasteiger partial charge is 0.254 e. The number of carbonyl (C=O) groups excluding carboxylic acids is 2. The van der Waals surface area contributed by atoms with Gasteiger partial charge in [-0.25, -0.2) is 0 Å². The molecular weight excluding hydrogens is 352 g/mol. The minimum absolute atomic E-state index is 0.109. The Bertz CT molecular complexity index is 1030. The maximum absolute atomic E-state index is 13.3. The third kappa shape index (κ3) is 1.88. The molecule has 3 aliphatic carbocycles. The molecule has 0 spiro atoms. The standard InChI is InChI=1S/C23H16N2O3/c26-22-20-18-14-7-1-2-8-15(14)19(17-10-4-3-9-16(17)18)21(20)23(27)25(22)24-12-13-6-5-11-28-13/h1-12,18-21H/b24-12-/t18?,19?,20-,21-/m0/s1. The Morgan fingerprint density at radius 3 is 1.68 bits per heavy atom. The molecule has 28 heavy (non-hydrogen) atoms. The third-order valence-corrected chi connectivity index (χ3v) is 6.27. The maximum Gasteiger partial charge on any atom is 0.254 e. The van der Waals surface area contributed by atoms with Crippen molar-refractivity contribution in [2.24, 2.45) is 16.9 Å². The van der Waals surface area contributed by atoms with Crippen molar-refractivity contribution in [3.05, 3.63) is 94.9 Å². The molecule has 2 bridgehead atoms. The van der Waals surface area contributed by atoms with Crippen LogP contribution in [0.3, 0.4) is 0 Å². The summed E-state index contributed by atoms with van der Waals surface area (Å²) < 4.78 is 5.24. The third-order valence-electron chi connectivity index (χ3n) is 6.27. The van der Waals surface area contributed by atoms with Crippen LogP contribution >= 0.6 is 0 Å². The highest BCUT2D eigenvalue weighted by Gasteiger charge is 2.61. The Morgan fingerprint density at radius 1 is 0.750 bits per heavy atom. The molecule has 0 saturated carbocycles. The number of furan rings is 1.